The molecule has 0 aliphatic carbocycles. The minimum Gasteiger partial charge on any atom is -0.497 e. The van der Waals surface area contributed by atoms with Gasteiger partial charge in [-0.05, 0) is 38.3 Å². The third-order valence-corrected chi connectivity index (χ3v) is 3.67. The quantitative estimate of drug-likeness (QED) is 0.873. The molecule has 20 heavy (non-hydrogen) atoms. The van der Waals surface area contributed by atoms with Gasteiger partial charge in [0.05, 0.1) is 12.7 Å². The van der Waals surface area contributed by atoms with Crippen molar-refractivity contribution in [2.45, 2.75) is 31.8 Å². The zero-order chi connectivity index (χ0) is 14.6. The summed E-state index contributed by atoms with van der Waals surface area (Å²) in [6.07, 6.45) is 2.16. The molecular weight excluding hydrogens is 256 g/mol. The van der Waals surface area contributed by atoms with Gasteiger partial charge in [-0.1, -0.05) is 6.07 Å². The summed E-state index contributed by atoms with van der Waals surface area (Å²) in [5.41, 5.74) is 0.0516. The molecule has 0 saturated carbocycles. The number of amides is 2. The van der Waals surface area contributed by atoms with Crippen LogP contribution in [0.1, 0.15) is 26.2 Å². The lowest BCUT2D eigenvalue weighted by Crippen LogP contribution is -2.36. The van der Waals surface area contributed by atoms with E-state index in [2.05, 4.69) is 5.32 Å². The number of benzene rings is 1. The second kappa shape index (κ2) is 6.13. The zero-order valence-corrected chi connectivity index (χ0v) is 12.1. The van der Waals surface area contributed by atoms with Crippen molar-refractivity contribution in [2.24, 2.45) is 0 Å². The van der Waals surface area contributed by atoms with E-state index in [1.165, 1.54) is 0 Å². The predicted octanol–water partition coefficient (Wildman–Crippen LogP) is 2.46. The Labute approximate surface area is 119 Å². The fraction of sp³-hybridized carbons (Fsp3) is 0.533. The molecule has 110 valence electrons. The van der Waals surface area contributed by atoms with Gasteiger partial charge in [-0.3, -0.25) is 0 Å². The van der Waals surface area contributed by atoms with E-state index in [4.69, 9.17) is 4.74 Å². The number of anilines is 1. The fourth-order valence-corrected chi connectivity index (χ4v) is 2.37. The molecule has 0 aromatic heterocycles. The number of carbonyl (C=O) groups excluding carboxylic acids is 1. The number of rotatable bonds is 2. The van der Waals surface area contributed by atoms with Crippen molar-refractivity contribution < 1.29 is 14.6 Å². The average Bonchev–Trinajstić information content (AvgIpc) is 2.60. The Morgan fingerprint density at radius 1 is 1.40 bits per heavy atom. The molecule has 1 aromatic rings. The molecule has 1 aromatic carbocycles. The Morgan fingerprint density at radius 2 is 2.20 bits per heavy atom. The lowest BCUT2D eigenvalue weighted by atomic mass is 9.98. The minimum absolute atomic E-state index is 0.129. The van der Waals surface area contributed by atoms with Crippen LogP contribution in [-0.4, -0.2) is 41.8 Å². The van der Waals surface area contributed by atoms with E-state index in [9.17, 15) is 9.90 Å². The smallest absolute Gasteiger partial charge is 0.321 e. The zero-order valence-electron chi connectivity index (χ0n) is 12.1. The third-order valence-electron chi connectivity index (χ3n) is 3.67. The molecule has 1 heterocycles. The molecule has 2 amide bonds. The second-order valence-electron chi connectivity index (χ2n) is 5.50. The summed E-state index contributed by atoms with van der Waals surface area (Å²) in [6.45, 7) is 3.07. The summed E-state index contributed by atoms with van der Waals surface area (Å²) < 4.78 is 5.13. The number of ether oxygens (including phenoxy) is 1. The van der Waals surface area contributed by atoms with E-state index in [0.717, 1.165) is 12.8 Å². The first kappa shape index (κ1) is 14.7. The summed E-state index contributed by atoms with van der Waals surface area (Å²) in [7, 11) is 1.60. The Hall–Kier alpha value is -1.75. The molecular formula is C15H22N2O3. The van der Waals surface area contributed by atoms with Gasteiger partial charge in [0, 0.05) is 24.8 Å². The van der Waals surface area contributed by atoms with Crippen LogP contribution in [0.2, 0.25) is 0 Å². The molecule has 0 radical (unpaired) electrons. The fourth-order valence-electron chi connectivity index (χ4n) is 2.37. The lowest BCUT2D eigenvalue weighted by Gasteiger charge is -2.23. The third kappa shape index (κ3) is 3.87. The number of methoxy groups -OCH3 is 1. The molecule has 1 aliphatic rings. The highest BCUT2D eigenvalue weighted by Gasteiger charge is 2.26. The van der Waals surface area contributed by atoms with E-state index in [1.807, 2.05) is 25.1 Å². The van der Waals surface area contributed by atoms with E-state index in [0.29, 0.717) is 30.9 Å². The van der Waals surface area contributed by atoms with Gasteiger partial charge in [0.2, 0.25) is 0 Å². The maximum Gasteiger partial charge on any atom is 0.321 e. The van der Waals surface area contributed by atoms with Crippen LogP contribution in [0.3, 0.4) is 0 Å². The lowest BCUT2D eigenvalue weighted by molar-refractivity contribution is 0.0458. The Morgan fingerprint density at radius 3 is 2.95 bits per heavy atom. The first-order valence-corrected chi connectivity index (χ1v) is 6.92. The van der Waals surface area contributed by atoms with Gasteiger partial charge in [-0.15, -0.1) is 0 Å². The highest BCUT2D eigenvalue weighted by molar-refractivity contribution is 5.89. The SMILES string of the molecule is COc1cccc(NC(=O)N2CCCC(C)(O)CC2)c1. The number of nitrogens with one attached hydrogen (secondary N) is 1. The maximum absolute atomic E-state index is 12.2. The number of aliphatic hydroxyl groups is 1. The number of carbonyl (C=O) groups is 1. The van der Waals surface area contributed by atoms with Gasteiger partial charge in [0.15, 0.2) is 0 Å². The predicted molar refractivity (Wildman–Crippen MR) is 78.1 cm³/mol. The number of nitrogens with zero attached hydrogens (tertiary/aromatic N) is 1. The summed E-state index contributed by atoms with van der Waals surface area (Å²) in [4.78, 5) is 14.0. The number of likely N-dealkylation sites (tertiary alicyclic amines) is 1. The van der Waals surface area contributed by atoms with Crippen molar-refractivity contribution in [3.05, 3.63) is 24.3 Å². The van der Waals surface area contributed by atoms with Crippen LogP contribution in [0, 0.1) is 0 Å². The molecule has 1 aliphatic heterocycles. The van der Waals surface area contributed by atoms with Crippen molar-refractivity contribution in [1.82, 2.24) is 4.90 Å². The minimum atomic E-state index is -0.662. The van der Waals surface area contributed by atoms with Gasteiger partial charge in [0.25, 0.3) is 0 Å². The highest BCUT2D eigenvalue weighted by atomic mass is 16.5. The van der Waals surface area contributed by atoms with Crippen molar-refractivity contribution in [3.63, 3.8) is 0 Å². The maximum atomic E-state index is 12.2. The second-order valence-corrected chi connectivity index (χ2v) is 5.50. The van der Waals surface area contributed by atoms with Crippen molar-refractivity contribution in [3.8, 4) is 5.75 Å². The standard InChI is InChI=1S/C15H22N2O3/c1-15(19)7-4-9-17(10-8-15)14(18)16-12-5-3-6-13(11-12)20-2/h3,5-6,11,19H,4,7-10H2,1-2H3,(H,16,18). The van der Waals surface area contributed by atoms with Crippen LogP contribution in [-0.2, 0) is 0 Å². The van der Waals surface area contributed by atoms with Crippen LogP contribution in [0.25, 0.3) is 0 Å². The van der Waals surface area contributed by atoms with E-state index in [1.54, 1.807) is 18.1 Å². The summed E-state index contributed by atoms with van der Waals surface area (Å²) in [5, 5.41) is 12.9. The number of urea groups is 1. The van der Waals surface area contributed by atoms with E-state index >= 15 is 0 Å². The van der Waals surface area contributed by atoms with Crippen LogP contribution in [0.15, 0.2) is 24.3 Å². The molecule has 1 fully saturated rings. The largest absolute Gasteiger partial charge is 0.497 e. The monoisotopic (exact) mass is 278 g/mol. The summed E-state index contributed by atoms with van der Waals surface area (Å²) in [6, 6.07) is 7.15. The first-order chi connectivity index (χ1) is 9.50. The molecule has 5 nitrogen and oxygen atoms in total. The van der Waals surface area contributed by atoms with Gasteiger partial charge in [-0.25, -0.2) is 4.79 Å². The van der Waals surface area contributed by atoms with Crippen LogP contribution in [0.4, 0.5) is 10.5 Å². The molecule has 2 rings (SSSR count). The Bertz CT molecular complexity index is 474. The van der Waals surface area contributed by atoms with Gasteiger partial charge in [-0.2, -0.15) is 0 Å². The molecule has 5 heteroatoms. The van der Waals surface area contributed by atoms with E-state index in [-0.39, 0.29) is 6.03 Å². The molecule has 0 bridgehead atoms. The van der Waals surface area contributed by atoms with E-state index < -0.39 is 5.60 Å². The topological polar surface area (TPSA) is 61.8 Å². The highest BCUT2D eigenvalue weighted by Crippen LogP contribution is 2.22. The molecule has 2 N–H and O–H groups in total. The Balaban J connectivity index is 1.97. The molecule has 1 saturated heterocycles. The van der Waals surface area contributed by atoms with Gasteiger partial charge >= 0.3 is 6.03 Å². The summed E-state index contributed by atoms with van der Waals surface area (Å²) in [5.74, 6) is 0.710. The van der Waals surface area contributed by atoms with Crippen LogP contribution in [0.5, 0.6) is 5.75 Å². The van der Waals surface area contributed by atoms with Crippen molar-refractivity contribution in [1.29, 1.82) is 0 Å². The average molecular weight is 278 g/mol. The molecule has 1 unspecified atom stereocenters. The summed E-state index contributed by atoms with van der Waals surface area (Å²) >= 11 is 0. The Kier molecular flexibility index (Phi) is 4.49. The normalized spacial score (nSPS) is 23.1. The number of hydrogen-bond acceptors (Lipinski definition) is 3. The first-order valence-electron chi connectivity index (χ1n) is 6.92. The van der Waals surface area contributed by atoms with Crippen LogP contribution >= 0.6 is 0 Å². The van der Waals surface area contributed by atoms with Gasteiger partial charge in [0.1, 0.15) is 5.75 Å². The van der Waals surface area contributed by atoms with Crippen molar-refractivity contribution >= 4 is 11.7 Å². The number of hydrogen-bond donors (Lipinski definition) is 2. The molecule has 0 spiro atoms. The van der Waals surface area contributed by atoms with Crippen LogP contribution < -0.4 is 10.1 Å². The van der Waals surface area contributed by atoms with Gasteiger partial charge < -0.3 is 20.1 Å². The van der Waals surface area contributed by atoms with Crippen molar-refractivity contribution in [2.75, 3.05) is 25.5 Å². The molecule has 1 atom stereocenters.